The minimum atomic E-state index is -0.133. The Labute approximate surface area is 190 Å². The highest BCUT2D eigenvalue weighted by atomic mass is 16.5. The minimum Gasteiger partial charge on any atom is -0.493 e. The van der Waals surface area contributed by atoms with E-state index in [-0.39, 0.29) is 23.9 Å². The molecule has 1 unspecified atom stereocenters. The molecule has 1 aliphatic rings. The average Bonchev–Trinajstić information content (AvgIpc) is 2.82. The fraction of sp³-hybridized carbons (Fsp3) is 0.440. The third kappa shape index (κ3) is 5.93. The number of hydrogen-bond donors (Lipinski definition) is 2. The van der Waals surface area contributed by atoms with E-state index in [1.165, 1.54) is 0 Å². The fourth-order valence-corrected chi connectivity index (χ4v) is 3.98. The van der Waals surface area contributed by atoms with Crippen LogP contribution in [0.4, 0.5) is 4.79 Å². The van der Waals surface area contributed by atoms with E-state index in [1.54, 1.807) is 14.2 Å². The molecule has 0 spiro atoms. The zero-order valence-electron chi connectivity index (χ0n) is 19.3. The van der Waals surface area contributed by atoms with E-state index in [1.807, 2.05) is 61.2 Å². The average molecular weight is 440 g/mol. The zero-order valence-corrected chi connectivity index (χ0v) is 19.3. The standard InChI is InChI=1S/C25H33N3O4/c1-17(2)27-25(30)28-12-6-9-21(16-28)19-7-5-8-20(14-19)24(29)26-15-18-10-11-22(31-3)23(13-18)32-4/h5,7-8,10-11,13-14,17,21H,6,9,12,15-16H2,1-4H3,(H,26,29)(H,27,30). The first kappa shape index (κ1) is 23.4. The molecule has 172 valence electrons. The molecule has 1 atom stereocenters. The molecule has 2 aromatic rings. The maximum atomic E-state index is 12.8. The van der Waals surface area contributed by atoms with Crippen molar-refractivity contribution in [2.75, 3.05) is 27.3 Å². The van der Waals surface area contributed by atoms with Crippen molar-refractivity contribution < 1.29 is 19.1 Å². The highest BCUT2D eigenvalue weighted by Crippen LogP contribution is 2.29. The topological polar surface area (TPSA) is 79.9 Å². The summed E-state index contributed by atoms with van der Waals surface area (Å²) in [6, 6.07) is 13.4. The zero-order chi connectivity index (χ0) is 23.1. The predicted octanol–water partition coefficient (Wildman–Crippen LogP) is 3.93. The molecule has 32 heavy (non-hydrogen) atoms. The molecule has 2 aromatic carbocycles. The summed E-state index contributed by atoms with van der Waals surface area (Å²) in [6.45, 7) is 5.73. The van der Waals surface area contributed by atoms with E-state index in [2.05, 4.69) is 10.6 Å². The normalized spacial score (nSPS) is 15.9. The summed E-state index contributed by atoms with van der Waals surface area (Å²) >= 11 is 0. The molecule has 0 radical (unpaired) electrons. The Kier molecular flexibility index (Phi) is 7.98. The molecular formula is C25H33N3O4. The second-order valence-electron chi connectivity index (χ2n) is 8.39. The van der Waals surface area contributed by atoms with Gasteiger partial charge < -0.3 is 25.0 Å². The summed E-state index contributed by atoms with van der Waals surface area (Å²) in [5, 5.41) is 5.94. The van der Waals surface area contributed by atoms with Crippen molar-refractivity contribution in [1.29, 1.82) is 0 Å². The highest BCUT2D eigenvalue weighted by Gasteiger charge is 2.25. The minimum absolute atomic E-state index is 0.0199. The van der Waals surface area contributed by atoms with Crippen molar-refractivity contribution in [2.24, 2.45) is 0 Å². The van der Waals surface area contributed by atoms with Crippen molar-refractivity contribution in [3.8, 4) is 11.5 Å². The first-order valence-electron chi connectivity index (χ1n) is 11.1. The lowest BCUT2D eigenvalue weighted by Crippen LogP contribution is -2.47. The fourth-order valence-electron chi connectivity index (χ4n) is 3.98. The van der Waals surface area contributed by atoms with E-state index >= 15 is 0 Å². The van der Waals surface area contributed by atoms with Crippen LogP contribution in [0.3, 0.4) is 0 Å². The highest BCUT2D eigenvalue weighted by molar-refractivity contribution is 5.94. The quantitative estimate of drug-likeness (QED) is 0.685. The van der Waals surface area contributed by atoms with Gasteiger partial charge in [-0.2, -0.15) is 0 Å². The van der Waals surface area contributed by atoms with Crippen LogP contribution in [-0.2, 0) is 6.54 Å². The van der Waals surface area contributed by atoms with Crippen LogP contribution in [0.2, 0.25) is 0 Å². The van der Waals surface area contributed by atoms with E-state index in [9.17, 15) is 9.59 Å². The number of piperidine rings is 1. The molecule has 3 rings (SSSR count). The maximum Gasteiger partial charge on any atom is 0.317 e. The van der Waals surface area contributed by atoms with Gasteiger partial charge in [-0.3, -0.25) is 4.79 Å². The molecule has 3 amide bonds. The summed E-state index contributed by atoms with van der Waals surface area (Å²) in [4.78, 5) is 27.1. The Morgan fingerprint density at radius 2 is 1.88 bits per heavy atom. The van der Waals surface area contributed by atoms with Gasteiger partial charge in [0, 0.05) is 37.2 Å². The number of methoxy groups -OCH3 is 2. The van der Waals surface area contributed by atoms with Gasteiger partial charge in [-0.05, 0) is 62.1 Å². The number of hydrogen-bond acceptors (Lipinski definition) is 4. The smallest absolute Gasteiger partial charge is 0.317 e. The number of ether oxygens (including phenoxy) is 2. The Bertz CT molecular complexity index is 945. The molecule has 0 saturated carbocycles. The molecule has 7 nitrogen and oxygen atoms in total. The number of rotatable bonds is 7. The van der Waals surface area contributed by atoms with Gasteiger partial charge in [0.1, 0.15) is 0 Å². The van der Waals surface area contributed by atoms with Gasteiger partial charge in [0.2, 0.25) is 0 Å². The molecule has 1 saturated heterocycles. The second kappa shape index (κ2) is 10.9. The summed E-state index contributed by atoms with van der Waals surface area (Å²) in [5.41, 5.74) is 2.63. The number of carbonyl (C=O) groups is 2. The molecule has 1 fully saturated rings. The third-order valence-electron chi connectivity index (χ3n) is 5.64. The van der Waals surface area contributed by atoms with Gasteiger partial charge in [-0.25, -0.2) is 4.79 Å². The number of carbonyl (C=O) groups excluding carboxylic acids is 2. The summed E-state index contributed by atoms with van der Waals surface area (Å²) in [7, 11) is 3.18. The predicted molar refractivity (Wildman–Crippen MR) is 124 cm³/mol. The van der Waals surface area contributed by atoms with E-state index in [0.29, 0.717) is 30.2 Å². The third-order valence-corrected chi connectivity index (χ3v) is 5.64. The van der Waals surface area contributed by atoms with Crippen LogP contribution in [-0.4, -0.2) is 50.2 Å². The van der Waals surface area contributed by atoms with Crippen molar-refractivity contribution in [2.45, 2.75) is 45.2 Å². The number of nitrogens with one attached hydrogen (secondary N) is 2. The van der Waals surface area contributed by atoms with Gasteiger partial charge in [-0.15, -0.1) is 0 Å². The van der Waals surface area contributed by atoms with Crippen LogP contribution in [0.1, 0.15) is 54.1 Å². The van der Waals surface area contributed by atoms with Gasteiger partial charge in [0.25, 0.3) is 5.91 Å². The Balaban J connectivity index is 1.64. The second-order valence-corrected chi connectivity index (χ2v) is 8.39. The monoisotopic (exact) mass is 439 g/mol. The number of likely N-dealkylation sites (tertiary alicyclic amines) is 1. The number of benzene rings is 2. The first-order valence-corrected chi connectivity index (χ1v) is 11.1. The van der Waals surface area contributed by atoms with Crippen molar-refractivity contribution in [3.05, 3.63) is 59.2 Å². The Morgan fingerprint density at radius 1 is 1.09 bits per heavy atom. The number of amides is 3. The summed E-state index contributed by atoms with van der Waals surface area (Å²) in [5.74, 6) is 1.37. The molecule has 2 N–H and O–H groups in total. The first-order chi connectivity index (χ1) is 15.4. The summed E-state index contributed by atoms with van der Waals surface area (Å²) < 4.78 is 10.6. The van der Waals surface area contributed by atoms with Crippen LogP contribution in [0.15, 0.2) is 42.5 Å². The van der Waals surface area contributed by atoms with Crippen molar-refractivity contribution >= 4 is 11.9 Å². The molecule has 7 heteroatoms. The molecule has 0 aliphatic carbocycles. The molecule has 0 aromatic heterocycles. The van der Waals surface area contributed by atoms with Crippen LogP contribution < -0.4 is 20.1 Å². The SMILES string of the molecule is COc1ccc(CNC(=O)c2cccc(C3CCCN(C(=O)NC(C)C)C3)c2)cc1OC. The molecule has 1 aliphatic heterocycles. The summed E-state index contributed by atoms with van der Waals surface area (Å²) in [6.07, 6.45) is 1.95. The van der Waals surface area contributed by atoms with Crippen LogP contribution >= 0.6 is 0 Å². The lowest BCUT2D eigenvalue weighted by Gasteiger charge is -2.33. The van der Waals surface area contributed by atoms with Crippen molar-refractivity contribution in [3.63, 3.8) is 0 Å². The van der Waals surface area contributed by atoms with Gasteiger partial charge in [0.05, 0.1) is 14.2 Å². The lowest BCUT2D eigenvalue weighted by atomic mass is 9.89. The van der Waals surface area contributed by atoms with Crippen molar-refractivity contribution in [1.82, 2.24) is 15.5 Å². The van der Waals surface area contributed by atoms with Gasteiger partial charge in [0.15, 0.2) is 11.5 Å². The van der Waals surface area contributed by atoms with Crippen LogP contribution in [0, 0.1) is 0 Å². The van der Waals surface area contributed by atoms with Crippen LogP contribution in [0.5, 0.6) is 11.5 Å². The maximum absolute atomic E-state index is 12.8. The lowest BCUT2D eigenvalue weighted by molar-refractivity contribution is 0.0950. The number of nitrogens with zero attached hydrogens (tertiary/aromatic N) is 1. The Morgan fingerprint density at radius 3 is 2.59 bits per heavy atom. The van der Waals surface area contributed by atoms with Gasteiger partial charge >= 0.3 is 6.03 Å². The Hall–Kier alpha value is -3.22. The largest absolute Gasteiger partial charge is 0.493 e. The van der Waals surface area contributed by atoms with E-state index in [4.69, 9.17) is 9.47 Å². The number of urea groups is 1. The van der Waals surface area contributed by atoms with E-state index < -0.39 is 0 Å². The molecular weight excluding hydrogens is 406 g/mol. The van der Waals surface area contributed by atoms with Gasteiger partial charge in [-0.1, -0.05) is 18.2 Å². The van der Waals surface area contributed by atoms with Crippen LogP contribution in [0.25, 0.3) is 0 Å². The molecule has 0 bridgehead atoms. The molecule has 1 heterocycles. The van der Waals surface area contributed by atoms with E-state index in [0.717, 1.165) is 30.5 Å².